The normalized spacial score (nSPS) is 18.0. The quantitative estimate of drug-likeness (QED) is 0.308. The van der Waals surface area contributed by atoms with Crippen molar-refractivity contribution in [2.75, 3.05) is 64.8 Å². The predicted molar refractivity (Wildman–Crippen MR) is 163 cm³/mol. The van der Waals surface area contributed by atoms with E-state index in [0.717, 1.165) is 48.0 Å². The maximum absolute atomic E-state index is 14.5. The van der Waals surface area contributed by atoms with Gasteiger partial charge in [0.1, 0.15) is 5.69 Å². The predicted octanol–water partition coefficient (Wildman–Crippen LogP) is 4.36. The van der Waals surface area contributed by atoms with Crippen molar-refractivity contribution in [1.82, 2.24) is 19.4 Å². The zero-order valence-electron chi connectivity index (χ0n) is 24.3. The molecule has 1 spiro atoms. The van der Waals surface area contributed by atoms with E-state index in [-0.39, 0.29) is 17.3 Å². The fourth-order valence-corrected chi connectivity index (χ4v) is 8.11. The number of aryl methyl sites for hydroxylation is 1. The molecule has 2 aliphatic rings. The van der Waals surface area contributed by atoms with Gasteiger partial charge in [0, 0.05) is 54.6 Å². The molecule has 41 heavy (non-hydrogen) atoms. The number of nitrogens with zero attached hydrogens (tertiary/aromatic N) is 5. The molecule has 0 saturated carbocycles. The van der Waals surface area contributed by atoms with Gasteiger partial charge in [0.05, 0.1) is 19.1 Å². The number of fused-ring (bicyclic) bond motifs is 3. The van der Waals surface area contributed by atoms with Crippen molar-refractivity contribution in [2.24, 2.45) is 12.5 Å². The van der Waals surface area contributed by atoms with Gasteiger partial charge in [-0.15, -0.1) is 0 Å². The van der Waals surface area contributed by atoms with Crippen molar-refractivity contribution < 1.29 is 17.9 Å². The summed E-state index contributed by atoms with van der Waals surface area (Å²) in [5, 5.41) is 1.94. The first-order valence-electron chi connectivity index (χ1n) is 14.2. The van der Waals surface area contributed by atoms with Crippen molar-refractivity contribution in [3.05, 3.63) is 54.6 Å². The summed E-state index contributed by atoms with van der Waals surface area (Å²) in [5.41, 5.74) is 2.79. The fraction of sp³-hybridized carbons (Fsp3) is 0.452. The van der Waals surface area contributed by atoms with Crippen LogP contribution in [0.3, 0.4) is 0 Å². The maximum Gasteiger partial charge on any atom is 0.264 e. The summed E-state index contributed by atoms with van der Waals surface area (Å²) < 4.78 is 43.4. The minimum absolute atomic E-state index is 0.215. The van der Waals surface area contributed by atoms with Gasteiger partial charge in [-0.25, -0.2) is 8.42 Å². The van der Waals surface area contributed by atoms with Gasteiger partial charge in [-0.3, -0.25) is 4.31 Å². The number of sulfonamides is 1. The van der Waals surface area contributed by atoms with Gasteiger partial charge in [-0.2, -0.15) is 4.98 Å². The van der Waals surface area contributed by atoms with Crippen molar-refractivity contribution in [1.29, 1.82) is 0 Å². The lowest BCUT2D eigenvalue weighted by Gasteiger charge is -2.38. The third kappa shape index (κ3) is 5.02. The molecule has 2 aromatic heterocycles. The Balaban J connectivity index is 1.36. The Kier molecular flexibility index (Phi) is 7.33. The van der Waals surface area contributed by atoms with Crippen LogP contribution >= 0.6 is 0 Å². The van der Waals surface area contributed by atoms with Crippen LogP contribution in [0.5, 0.6) is 11.8 Å². The molecule has 9 nitrogen and oxygen atoms in total. The molecule has 4 aromatic rings. The number of pyridine rings is 1. The number of piperidine rings is 1. The fourth-order valence-electron chi connectivity index (χ4n) is 6.63. The first-order valence-corrected chi connectivity index (χ1v) is 15.7. The number of likely N-dealkylation sites (tertiary alicyclic amines) is 2. The van der Waals surface area contributed by atoms with Crippen LogP contribution in [0.4, 0.5) is 5.69 Å². The number of aromatic nitrogens is 2. The van der Waals surface area contributed by atoms with Crippen molar-refractivity contribution in [3.63, 3.8) is 0 Å². The first kappa shape index (κ1) is 27.8. The minimum atomic E-state index is -3.96. The zero-order valence-corrected chi connectivity index (χ0v) is 25.2. The van der Waals surface area contributed by atoms with Crippen molar-refractivity contribution in [2.45, 2.75) is 24.2 Å². The monoisotopic (exact) mass is 577 g/mol. The van der Waals surface area contributed by atoms with Gasteiger partial charge < -0.3 is 23.8 Å². The molecule has 0 bridgehead atoms. The lowest BCUT2D eigenvalue weighted by Crippen LogP contribution is -2.42. The van der Waals surface area contributed by atoms with E-state index in [4.69, 9.17) is 9.47 Å². The highest BCUT2D eigenvalue weighted by atomic mass is 32.2. The van der Waals surface area contributed by atoms with Crippen LogP contribution in [0.1, 0.15) is 19.3 Å². The van der Waals surface area contributed by atoms with Crippen LogP contribution in [0, 0.1) is 5.41 Å². The van der Waals surface area contributed by atoms with Crippen LogP contribution in [0.2, 0.25) is 0 Å². The molecular weight excluding hydrogens is 538 g/mol. The standard InChI is InChI=1S/C31H39N5O4S/c1-33-16-13-31(14-17-33)15-18-35(22-31)19-20-36(28-11-12-29(39-3)32-30(28)40-4)41(37,38)23-9-10-27-25(21-23)24-7-5-6-8-26(24)34(27)2/h5-12,21H,13-20,22H2,1-4H3. The van der Waals surface area contributed by atoms with E-state index in [9.17, 15) is 8.42 Å². The van der Waals surface area contributed by atoms with E-state index >= 15 is 0 Å². The largest absolute Gasteiger partial charge is 0.481 e. The van der Waals surface area contributed by atoms with Gasteiger partial charge in [-0.1, -0.05) is 18.2 Å². The van der Waals surface area contributed by atoms with Gasteiger partial charge in [0.25, 0.3) is 10.0 Å². The second-order valence-electron chi connectivity index (χ2n) is 11.5. The number of hydrogen-bond donors (Lipinski definition) is 0. The van der Waals surface area contributed by atoms with Gasteiger partial charge in [0.15, 0.2) is 0 Å². The van der Waals surface area contributed by atoms with Crippen LogP contribution < -0.4 is 13.8 Å². The molecule has 0 unspecified atom stereocenters. The average molecular weight is 578 g/mol. The minimum Gasteiger partial charge on any atom is -0.481 e. The summed E-state index contributed by atoms with van der Waals surface area (Å²) in [6, 6.07) is 16.9. The summed E-state index contributed by atoms with van der Waals surface area (Å²) in [7, 11) is 3.27. The Bertz CT molecular complexity index is 1680. The molecule has 10 heteroatoms. The van der Waals surface area contributed by atoms with E-state index in [2.05, 4.69) is 32.5 Å². The van der Waals surface area contributed by atoms with Crippen molar-refractivity contribution in [3.8, 4) is 11.8 Å². The van der Waals surface area contributed by atoms with Crippen molar-refractivity contribution >= 4 is 37.5 Å². The molecule has 4 heterocycles. The number of ether oxygens (including phenoxy) is 2. The Hall–Kier alpha value is -3.34. The highest BCUT2D eigenvalue weighted by Gasteiger charge is 2.40. The summed E-state index contributed by atoms with van der Waals surface area (Å²) in [6.07, 6.45) is 3.56. The molecule has 0 radical (unpaired) electrons. The Morgan fingerprint density at radius 1 is 0.902 bits per heavy atom. The van der Waals surface area contributed by atoms with Gasteiger partial charge in [0.2, 0.25) is 11.8 Å². The molecule has 0 amide bonds. The molecule has 0 N–H and O–H groups in total. The topological polar surface area (TPSA) is 80.1 Å². The zero-order chi connectivity index (χ0) is 28.8. The molecule has 2 aliphatic heterocycles. The Morgan fingerprint density at radius 2 is 1.63 bits per heavy atom. The molecule has 0 aliphatic carbocycles. The molecular formula is C31H39N5O4S. The van der Waals surface area contributed by atoms with Gasteiger partial charge >= 0.3 is 0 Å². The second kappa shape index (κ2) is 10.8. The molecule has 2 saturated heterocycles. The first-order chi connectivity index (χ1) is 19.7. The Morgan fingerprint density at radius 3 is 2.39 bits per heavy atom. The number of benzene rings is 2. The number of rotatable bonds is 8. The van der Waals surface area contributed by atoms with E-state index in [0.29, 0.717) is 23.5 Å². The Labute approximate surface area is 242 Å². The summed E-state index contributed by atoms with van der Waals surface area (Å²) >= 11 is 0. The van der Waals surface area contributed by atoms with Crippen LogP contribution in [-0.2, 0) is 17.1 Å². The lowest BCUT2D eigenvalue weighted by atomic mass is 9.78. The van der Waals surface area contributed by atoms with Crippen LogP contribution in [0.15, 0.2) is 59.5 Å². The second-order valence-corrected chi connectivity index (χ2v) is 13.4. The third-order valence-corrected chi connectivity index (χ3v) is 11.0. The SMILES string of the molecule is COc1ccc(N(CCN2CCC3(CCN(C)CC3)C2)S(=O)(=O)c2ccc3c(c2)c2ccccc2n3C)c(OC)n1. The molecule has 6 rings (SSSR count). The molecule has 2 fully saturated rings. The number of hydrogen-bond acceptors (Lipinski definition) is 7. The third-order valence-electron chi connectivity index (χ3n) is 9.14. The van der Waals surface area contributed by atoms with E-state index in [1.165, 1.54) is 37.8 Å². The lowest BCUT2D eigenvalue weighted by molar-refractivity contribution is 0.126. The summed E-state index contributed by atoms with van der Waals surface area (Å²) in [6.45, 7) is 5.16. The summed E-state index contributed by atoms with van der Waals surface area (Å²) in [4.78, 5) is 9.48. The number of anilines is 1. The van der Waals surface area contributed by atoms with E-state index in [1.807, 2.05) is 31.3 Å². The maximum atomic E-state index is 14.5. The highest BCUT2D eigenvalue weighted by molar-refractivity contribution is 7.92. The number of methoxy groups -OCH3 is 2. The molecule has 2 aromatic carbocycles. The molecule has 0 atom stereocenters. The van der Waals surface area contributed by atoms with Crippen LogP contribution in [-0.4, -0.2) is 88.3 Å². The van der Waals surface area contributed by atoms with Gasteiger partial charge in [-0.05, 0) is 81.7 Å². The average Bonchev–Trinajstić information content (AvgIpc) is 3.53. The van der Waals surface area contributed by atoms with E-state index < -0.39 is 10.0 Å². The number of para-hydroxylation sites is 1. The highest BCUT2D eigenvalue weighted by Crippen LogP contribution is 2.40. The molecule has 218 valence electrons. The van der Waals surface area contributed by atoms with E-state index in [1.54, 1.807) is 24.3 Å². The summed E-state index contributed by atoms with van der Waals surface area (Å²) in [5.74, 6) is 0.580. The smallest absolute Gasteiger partial charge is 0.264 e. The van der Waals surface area contributed by atoms with Crippen LogP contribution in [0.25, 0.3) is 21.8 Å².